The lowest BCUT2D eigenvalue weighted by molar-refractivity contribution is -0.150. The highest BCUT2D eigenvalue weighted by atomic mass is 79.9. The molecule has 1 fully saturated rings. The number of thiazole rings is 1. The minimum atomic E-state index is -0.896. The number of ketones is 1. The van der Waals surface area contributed by atoms with Crippen molar-refractivity contribution < 1.29 is 14.3 Å². The molecule has 1 aromatic carbocycles. The molecular formula is C21H22BrN3O3S. The first-order valence-electron chi connectivity index (χ1n) is 9.54. The fraction of sp³-hybridized carbons (Fsp3) is 0.429. The van der Waals surface area contributed by atoms with Crippen LogP contribution in [0.4, 0.5) is 0 Å². The number of halogens is 1. The maximum Gasteiger partial charge on any atom is 0.310 e. The number of Topliss-reactive ketones (excluding diaryl/α,β-unsaturated/α-hetero) is 1. The largest absolute Gasteiger partial charge is 0.466 e. The standard InChI is InChI=1S/C21H22BrN3O3S/c1-2-28-21(27)15-4-3-9-25(11-15)12-19(26)17(10-23)20-24-18(13-29-20)14-5-7-16(22)8-6-14/h5-8,13,15,17H,2-4,9,11-12H2,1H3/t15-,17+/m0/s1. The van der Waals surface area contributed by atoms with Crippen LogP contribution in [-0.2, 0) is 14.3 Å². The van der Waals surface area contributed by atoms with E-state index >= 15 is 0 Å². The van der Waals surface area contributed by atoms with Gasteiger partial charge in [-0.15, -0.1) is 11.3 Å². The highest BCUT2D eigenvalue weighted by Crippen LogP contribution is 2.28. The van der Waals surface area contributed by atoms with E-state index in [1.165, 1.54) is 11.3 Å². The molecule has 1 saturated heterocycles. The Morgan fingerprint density at radius 2 is 2.17 bits per heavy atom. The molecule has 29 heavy (non-hydrogen) atoms. The summed E-state index contributed by atoms with van der Waals surface area (Å²) in [6.45, 7) is 3.51. The second kappa shape index (κ2) is 10.1. The summed E-state index contributed by atoms with van der Waals surface area (Å²) in [4.78, 5) is 31.3. The predicted octanol–water partition coefficient (Wildman–Crippen LogP) is 4.02. The number of piperidine rings is 1. The van der Waals surface area contributed by atoms with Gasteiger partial charge in [-0.2, -0.15) is 5.26 Å². The summed E-state index contributed by atoms with van der Waals surface area (Å²) in [7, 11) is 0. The summed E-state index contributed by atoms with van der Waals surface area (Å²) in [5, 5.41) is 12.0. The summed E-state index contributed by atoms with van der Waals surface area (Å²) in [5.41, 5.74) is 1.69. The number of nitriles is 1. The van der Waals surface area contributed by atoms with Crippen LogP contribution in [0, 0.1) is 17.2 Å². The first kappa shape index (κ1) is 21.6. The van der Waals surface area contributed by atoms with E-state index in [1.54, 1.807) is 6.92 Å². The minimum absolute atomic E-state index is 0.140. The van der Waals surface area contributed by atoms with Crippen molar-refractivity contribution in [3.63, 3.8) is 0 Å². The van der Waals surface area contributed by atoms with Crippen LogP contribution in [0.2, 0.25) is 0 Å². The molecule has 0 spiro atoms. The highest BCUT2D eigenvalue weighted by Gasteiger charge is 2.31. The van der Waals surface area contributed by atoms with E-state index in [-0.39, 0.29) is 24.2 Å². The monoisotopic (exact) mass is 475 g/mol. The van der Waals surface area contributed by atoms with Crippen LogP contribution in [0.1, 0.15) is 30.7 Å². The smallest absolute Gasteiger partial charge is 0.310 e. The molecule has 1 aromatic heterocycles. The molecule has 1 aliphatic heterocycles. The van der Waals surface area contributed by atoms with Crippen molar-refractivity contribution in [1.29, 1.82) is 5.26 Å². The predicted molar refractivity (Wildman–Crippen MR) is 114 cm³/mol. The third-order valence-corrected chi connectivity index (χ3v) is 6.30. The van der Waals surface area contributed by atoms with Crippen molar-refractivity contribution in [2.75, 3.05) is 26.2 Å². The first-order chi connectivity index (χ1) is 14.0. The number of hydrogen-bond acceptors (Lipinski definition) is 7. The third kappa shape index (κ3) is 5.50. The molecule has 152 valence electrons. The number of aromatic nitrogens is 1. The van der Waals surface area contributed by atoms with E-state index in [9.17, 15) is 14.9 Å². The van der Waals surface area contributed by atoms with Crippen LogP contribution in [0.3, 0.4) is 0 Å². The number of likely N-dealkylation sites (tertiary alicyclic amines) is 1. The van der Waals surface area contributed by atoms with Crippen molar-refractivity contribution in [1.82, 2.24) is 9.88 Å². The summed E-state index contributed by atoms with van der Waals surface area (Å²) < 4.78 is 6.09. The maximum atomic E-state index is 12.8. The molecular weight excluding hydrogens is 454 g/mol. The zero-order valence-electron chi connectivity index (χ0n) is 16.1. The van der Waals surface area contributed by atoms with E-state index in [2.05, 4.69) is 27.0 Å². The molecule has 2 atom stereocenters. The van der Waals surface area contributed by atoms with Crippen molar-refractivity contribution in [3.8, 4) is 17.3 Å². The Kier molecular flexibility index (Phi) is 7.53. The number of carbonyl (C=O) groups is 2. The average Bonchev–Trinajstić information content (AvgIpc) is 3.19. The van der Waals surface area contributed by atoms with Crippen LogP contribution >= 0.6 is 27.3 Å². The van der Waals surface area contributed by atoms with Gasteiger partial charge in [0.15, 0.2) is 11.7 Å². The highest BCUT2D eigenvalue weighted by molar-refractivity contribution is 9.10. The van der Waals surface area contributed by atoms with Crippen LogP contribution in [0.5, 0.6) is 0 Å². The number of hydrogen-bond donors (Lipinski definition) is 0. The average molecular weight is 476 g/mol. The second-order valence-electron chi connectivity index (χ2n) is 6.93. The summed E-state index contributed by atoms with van der Waals surface area (Å²) in [6.07, 6.45) is 1.60. The molecule has 0 saturated carbocycles. The van der Waals surface area contributed by atoms with Gasteiger partial charge in [-0.05, 0) is 38.4 Å². The Balaban J connectivity index is 1.66. The van der Waals surface area contributed by atoms with Crippen LogP contribution in [0.25, 0.3) is 11.3 Å². The van der Waals surface area contributed by atoms with E-state index in [4.69, 9.17) is 4.74 Å². The normalized spacial score (nSPS) is 18.0. The minimum Gasteiger partial charge on any atom is -0.466 e. The fourth-order valence-electron chi connectivity index (χ4n) is 3.40. The van der Waals surface area contributed by atoms with Gasteiger partial charge in [-0.3, -0.25) is 14.5 Å². The zero-order chi connectivity index (χ0) is 20.8. The number of ether oxygens (including phenoxy) is 1. The van der Waals surface area contributed by atoms with Gasteiger partial charge in [0.1, 0.15) is 5.01 Å². The first-order valence-corrected chi connectivity index (χ1v) is 11.2. The molecule has 2 heterocycles. The van der Waals surface area contributed by atoms with Crippen molar-refractivity contribution in [3.05, 3.63) is 39.1 Å². The van der Waals surface area contributed by atoms with Crippen molar-refractivity contribution in [2.24, 2.45) is 5.92 Å². The molecule has 0 amide bonds. The molecule has 6 nitrogen and oxygen atoms in total. The maximum absolute atomic E-state index is 12.8. The molecule has 0 bridgehead atoms. The molecule has 0 N–H and O–H groups in total. The van der Waals surface area contributed by atoms with E-state index in [1.807, 2.05) is 34.5 Å². The Bertz CT molecular complexity index is 907. The molecule has 3 rings (SSSR count). The van der Waals surface area contributed by atoms with Gasteiger partial charge >= 0.3 is 5.97 Å². The quantitative estimate of drug-likeness (QED) is 0.562. The summed E-state index contributed by atoms with van der Waals surface area (Å²) in [5.74, 6) is -1.50. The molecule has 2 aromatic rings. The molecule has 0 aliphatic carbocycles. The zero-order valence-corrected chi connectivity index (χ0v) is 18.5. The van der Waals surface area contributed by atoms with Gasteiger partial charge in [0.05, 0.1) is 30.8 Å². The molecule has 8 heteroatoms. The van der Waals surface area contributed by atoms with E-state index in [0.29, 0.717) is 18.2 Å². The van der Waals surface area contributed by atoms with Gasteiger partial charge in [0.2, 0.25) is 0 Å². The van der Waals surface area contributed by atoms with Gasteiger partial charge in [0, 0.05) is 22.0 Å². The van der Waals surface area contributed by atoms with Crippen molar-refractivity contribution in [2.45, 2.75) is 25.7 Å². The Hall–Kier alpha value is -2.08. The Morgan fingerprint density at radius 3 is 2.86 bits per heavy atom. The summed E-state index contributed by atoms with van der Waals surface area (Å²) in [6, 6.07) is 9.84. The lowest BCUT2D eigenvalue weighted by Gasteiger charge is -2.31. The van der Waals surface area contributed by atoms with E-state index < -0.39 is 5.92 Å². The number of benzene rings is 1. The van der Waals surface area contributed by atoms with Crippen LogP contribution in [0.15, 0.2) is 34.1 Å². The number of nitrogens with zero attached hydrogens (tertiary/aromatic N) is 3. The molecule has 1 aliphatic rings. The molecule has 0 radical (unpaired) electrons. The SMILES string of the molecule is CCOC(=O)[C@H]1CCCN(CC(=O)[C@@H](C#N)c2nc(-c3ccc(Br)cc3)cs2)C1. The van der Waals surface area contributed by atoms with Crippen LogP contribution in [-0.4, -0.2) is 47.9 Å². The Labute approximate surface area is 182 Å². The fourth-order valence-corrected chi connectivity index (χ4v) is 4.56. The van der Waals surface area contributed by atoms with Crippen molar-refractivity contribution >= 4 is 39.0 Å². The lowest BCUT2D eigenvalue weighted by atomic mass is 9.97. The van der Waals surface area contributed by atoms with Gasteiger partial charge < -0.3 is 4.74 Å². The number of carbonyl (C=O) groups excluding carboxylic acids is 2. The number of rotatable bonds is 7. The summed E-state index contributed by atoms with van der Waals surface area (Å²) >= 11 is 4.73. The molecule has 0 unspecified atom stereocenters. The van der Waals surface area contributed by atoms with Crippen LogP contribution < -0.4 is 0 Å². The van der Waals surface area contributed by atoms with Gasteiger partial charge in [-0.25, -0.2) is 4.98 Å². The second-order valence-corrected chi connectivity index (χ2v) is 8.74. The topological polar surface area (TPSA) is 83.3 Å². The third-order valence-electron chi connectivity index (χ3n) is 4.86. The Morgan fingerprint density at radius 1 is 1.41 bits per heavy atom. The van der Waals surface area contributed by atoms with Gasteiger partial charge in [0.25, 0.3) is 0 Å². The van der Waals surface area contributed by atoms with E-state index in [0.717, 1.165) is 35.1 Å². The lowest BCUT2D eigenvalue weighted by Crippen LogP contribution is -2.42. The number of esters is 1. The van der Waals surface area contributed by atoms with Gasteiger partial charge in [-0.1, -0.05) is 28.1 Å².